The van der Waals surface area contributed by atoms with Gasteiger partial charge in [0.2, 0.25) is 0 Å². The number of carbonyl (C=O) groups excluding carboxylic acids is 1. The van der Waals surface area contributed by atoms with Crippen molar-refractivity contribution in [2.24, 2.45) is 0 Å². The van der Waals surface area contributed by atoms with Crippen molar-refractivity contribution >= 4 is 11.6 Å². The van der Waals surface area contributed by atoms with Crippen molar-refractivity contribution in [2.75, 3.05) is 7.05 Å². The third-order valence-corrected chi connectivity index (χ3v) is 2.89. The maximum atomic E-state index is 13.5. The molecule has 0 bridgehead atoms. The van der Waals surface area contributed by atoms with Gasteiger partial charge in [-0.05, 0) is 11.6 Å². The molecule has 1 aromatic heterocycles. The fraction of sp³-hybridized carbons (Fsp3) is 0.143. The summed E-state index contributed by atoms with van der Waals surface area (Å²) in [6.07, 6.45) is 2.30. The van der Waals surface area contributed by atoms with E-state index in [0.29, 0.717) is 5.56 Å². The lowest BCUT2D eigenvalue weighted by Gasteiger charge is -2.17. The molecular formula is C14H12FN3O3. The van der Waals surface area contributed by atoms with Crippen molar-refractivity contribution in [1.29, 1.82) is 0 Å². The summed E-state index contributed by atoms with van der Waals surface area (Å²) in [5.41, 5.74) is 0.455. The lowest BCUT2D eigenvalue weighted by molar-refractivity contribution is -0.384. The summed E-state index contributed by atoms with van der Waals surface area (Å²) >= 11 is 0. The van der Waals surface area contributed by atoms with Crippen LogP contribution >= 0.6 is 0 Å². The van der Waals surface area contributed by atoms with Crippen molar-refractivity contribution in [3.8, 4) is 0 Å². The van der Waals surface area contributed by atoms with Gasteiger partial charge in [-0.2, -0.15) is 0 Å². The van der Waals surface area contributed by atoms with Gasteiger partial charge in [-0.15, -0.1) is 0 Å². The van der Waals surface area contributed by atoms with Crippen molar-refractivity contribution in [3.05, 3.63) is 69.8 Å². The Morgan fingerprint density at radius 3 is 2.86 bits per heavy atom. The highest BCUT2D eigenvalue weighted by atomic mass is 19.1. The fourth-order valence-electron chi connectivity index (χ4n) is 1.87. The van der Waals surface area contributed by atoms with E-state index in [4.69, 9.17) is 0 Å². The molecule has 0 aliphatic heterocycles. The summed E-state index contributed by atoms with van der Waals surface area (Å²) in [6, 6.07) is 7.25. The van der Waals surface area contributed by atoms with Gasteiger partial charge in [0.05, 0.1) is 16.7 Å². The molecule has 0 atom stereocenters. The minimum absolute atomic E-state index is 0.0524. The van der Waals surface area contributed by atoms with Gasteiger partial charge in [0.15, 0.2) is 5.82 Å². The molecule has 0 radical (unpaired) electrons. The Labute approximate surface area is 120 Å². The van der Waals surface area contributed by atoms with E-state index in [1.165, 1.54) is 36.3 Å². The van der Waals surface area contributed by atoms with Gasteiger partial charge >= 0.3 is 0 Å². The first-order chi connectivity index (χ1) is 9.99. The normalized spacial score (nSPS) is 10.2. The molecule has 0 spiro atoms. The van der Waals surface area contributed by atoms with Gasteiger partial charge < -0.3 is 4.90 Å². The van der Waals surface area contributed by atoms with Crippen LogP contribution in [0.5, 0.6) is 0 Å². The smallest absolute Gasteiger partial charge is 0.269 e. The van der Waals surface area contributed by atoms with Gasteiger partial charge in [0.1, 0.15) is 0 Å². The molecule has 6 nitrogen and oxygen atoms in total. The molecule has 0 saturated heterocycles. The molecule has 7 heteroatoms. The molecule has 1 aromatic carbocycles. The molecule has 0 fully saturated rings. The quantitative estimate of drug-likeness (QED) is 0.639. The molecule has 21 heavy (non-hydrogen) atoms. The first-order valence-corrected chi connectivity index (χ1v) is 6.07. The maximum absolute atomic E-state index is 13.5. The van der Waals surface area contributed by atoms with Crippen LogP contribution in [0.15, 0.2) is 42.7 Å². The molecule has 1 amide bonds. The Morgan fingerprint density at radius 2 is 2.19 bits per heavy atom. The number of nitro groups is 1. The number of carbonyl (C=O) groups is 1. The Kier molecular flexibility index (Phi) is 4.22. The van der Waals surface area contributed by atoms with Crippen molar-refractivity contribution < 1.29 is 14.1 Å². The Hall–Kier alpha value is -2.83. The van der Waals surface area contributed by atoms with E-state index in [9.17, 15) is 19.3 Å². The number of nitrogens with zero attached hydrogens (tertiary/aromatic N) is 3. The molecule has 108 valence electrons. The third kappa shape index (κ3) is 3.38. The van der Waals surface area contributed by atoms with Crippen LogP contribution in [0.1, 0.15) is 15.9 Å². The number of nitro benzene ring substituents is 1. The molecule has 0 aliphatic rings. The van der Waals surface area contributed by atoms with Crippen molar-refractivity contribution in [1.82, 2.24) is 9.88 Å². The zero-order chi connectivity index (χ0) is 15.4. The van der Waals surface area contributed by atoms with Crippen LogP contribution in [0.3, 0.4) is 0 Å². The number of hydrogen-bond acceptors (Lipinski definition) is 4. The Balaban J connectivity index is 2.16. The average molecular weight is 289 g/mol. The van der Waals surface area contributed by atoms with Crippen LogP contribution in [0, 0.1) is 15.9 Å². The van der Waals surface area contributed by atoms with Gasteiger partial charge in [0.25, 0.3) is 11.6 Å². The lowest BCUT2D eigenvalue weighted by Crippen LogP contribution is -2.27. The summed E-state index contributed by atoms with van der Waals surface area (Å²) in [5.74, 6) is -1.21. The second-order valence-corrected chi connectivity index (χ2v) is 4.44. The standard InChI is InChI=1S/C14H12FN3O3/c1-17(14(19)12-5-6-16-8-13(12)15)9-10-3-2-4-11(7-10)18(20)21/h2-8H,9H2,1H3. The van der Waals surface area contributed by atoms with Crippen LogP contribution < -0.4 is 0 Å². The van der Waals surface area contributed by atoms with E-state index in [0.717, 1.165) is 6.20 Å². The minimum Gasteiger partial charge on any atom is -0.337 e. The molecule has 1 heterocycles. The van der Waals surface area contributed by atoms with Gasteiger partial charge in [-0.25, -0.2) is 4.39 Å². The predicted molar refractivity (Wildman–Crippen MR) is 73.1 cm³/mol. The van der Waals surface area contributed by atoms with Gasteiger partial charge in [-0.1, -0.05) is 12.1 Å². The molecular weight excluding hydrogens is 277 g/mol. The molecule has 0 saturated carbocycles. The number of pyridine rings is 1. The highest BCUT2D eigenvalue weighted by Crippen LogP contribution is 2.16. The number of hydrogen-bond donors (Lipinski definition) is 0. The zero-order valence-electron chi connectivity index (χ0n) is 11.2. The minimum atomic E-state index is -0.701. The van der Waals surface area contributed by atoms with Crippen LogP contribution in [-0.4, -0.2) is 27.8 Å². The highest BCUT2D eigenvalue weighted by Gasteiger charge is 2.17. The summed E-state index contributed by atoms with van der Waals surface area (Å²) < 4.78 is 13.5. The fourth-order valence-corrected chi connectivity index (χ4v) is 1.87. The zero-order valence-corrected chi connectivity index (χ0v) is 11.2. The highest BCUT2D eigenvalue weighted by molar-refractivity contribution is 5.94. The van der Waals surface area contributed by atoms with E-state index >= 15 is 0 Å². The third-order valence-electron chi connectivity index (χ3n) is 2.89. The molecule has 2 aromatic rings. The SMILES string of the molecule is CN(Cc1cccc([N+](=O)[O-])c1)C(=O)c1ccncc1F. The molecule has 0 unspecified atom stereocenters. The molecule has 2 rings (SSSR count). The van der Waals surface area contributed by atoms with Crippen molar-refractivity contribution in [2.45, 2.75) is 6.54 Å². The number of amides is 1. The van der Waals surface area contributed by atoms with E-state index in [1.54, 1.807) is 12.1 Å². The second kappa shape index (κ2) is 6.08. The Morgan fingerprint density at radius 1 is 1.43 bits per heavy atom. The summed E-state index contributed by atoms with van der Waals surface area (Å²) in [6.45, 7) is 0.141. The lowest BCUT2D eigenvalue weighted by atomic mass is 10.1. The molecule has 0 aliphatic carbocycles. The predicted octanol–water partition coefficient (Wildman–Crippen LogP) is 2.40. The molecule has 0 N–H and O–H groups in total. The van der Waals surface area contributed by atoms with Gasteiger partial charge in [0, 0.05) is 31.9 Å². The summed E-state index contributed by atoms with van der Waals surface area (Å²) in [4.78, 5) is 27.2. The average Bonchev–Trinajstić information content (AvgIpc) is 2.47. The number of benzene rings is 1. The number of halogens is 1. The van der Waals surface area contributed by atoms with E-state index < -0.39 is 16.6 Å². The van der Waals surface area contributed by atoms with Gasteiger partial charge in [-0.3, -0.25) is 19.9 Å². The van der Waals surface area contributed by atoms with Crippen LogP contribution in [0.2, 0.25) is 0 Å². The monoisotopic (exact) mass is 289 g/mol. The maximum Gasteiger partial charge on any atom is 0.269 e. The largest absolute Gasteiger partial charge is 0.337 e. The van der Waals surface area contributed by atoms with Crippen LogP contribution in [-0.2, 0) is 6.54 Å². The second-order valence-electron chi connectivity index (χ2n) is 4.44. The van der Waals surface area contributed by atoms with Crippen LogP contribution in [0.4, 0.5) is 10.1 Å². The summed E-state index contributed by atoms with van der Waals surface area (Å²) in [7, 11) is 1.50. The van der Waals surface area contributed by atoms with E-state index in [1.807, 2.05) is 0 Å². The number of rotatable bonds is 4. The van der Waals surface area contributed by atoms with E-state index in [-0.39, 0.29) is 17.8 Å². The van der Waals surface area contributed by atoms with Crippen LogP contribution in [0.25, 0.3) is 0 Å². The summed E-state index contributed by atoms with van der Waals surface area (Å²) in [5, 5.41) is 10.7. The van der Waals surface area contributed by atoms with Crippen molar-refractivity contribution in [3.63, 3.8) is 0 Å². The number of non-ortho nitro benzene ring substituents is 1. The van der Waals surface area contributed by atoms with E-state index in [2.05, 4.69) is 4.98 Å². The topological polar surface area (TPSA) is 76.3 Å². The number of aromatic nitrogens is 1. The first kappa shape index (κ1) is 14.6. The Bertz CT molecular complexity index is 691. The first-order valence-electron chi connectivity index (χ1n) is 6.07.